The lowest BCUT2D eigenvalue weighted by atomic mass is 10.1. The number of carbonyl (C=O) groups excluding carboxylic acids is 1. The summed E-state index contributed by atoms with van der Waals surface area (Å²) in [5, 5.41) is 3.83. The van der Waals surface area contributed by atoms with Crippen LogP contribution in [0.4, 0.5) is 0 Å². The predicted octanol–water partition coefficient (Wildman–Crippen LogP) is 4.59. The Morgan fingerprint density at radius 2 is 1.90 bits per heavy atom. The molecule has 0 unspecified atom stereocenters. The molecule has 1 amide bonds. The molecule has 0 saturated carbocycles. The summed E-state index contributed by atoms with van der Waals surface area (Å²) in [6.45, 7) is 0.698. The lowest BCUT2D eigenvalue weighted by molar-refractivity contribution is 0.0963. The number of aromatic amines is 1. The highest BCUT2D eigenvalue weighted by Gasteiger charge is 2.17. The maximum Gasteiger partial charge on any atom is 0.251 e. The average molecular weight is 380 g/mol. The third-order valence-corrected chi connectivity index (χ3v) is 5.25. The number of H-pyrrole nitrogens is 1. The highest BCUT2D eigenvalue weighted by Crippen LogP contribution is 2.31. The fraction of sp³-hybridized carbons (Fsp3) is 0.0833. The van der Waals surface area contributed by atoms with Crippen LogP contribution in [0.15, 0.2) is 79.0 Å². The molecule has 0 aliphatic rings. The van der Waals surface area contributed by atoms with E-state index in [4.69, 9.17) is 4.98 Å². The molecule has 0 bridgehead atoms. The Morgan fingerprint density at radius 1 is 1.03 bits per heavy atom. The molecule has 0 saturated heterocycles. The quantitative estimate of drug-likeness (QED) is 0.479. The van der Waals surface area contributed by atoms with Gasteiger partial charge in [0.2, 0.25) is 0 Å². The van der Waals surface area contributed by atoms with Crippen molar-refractivity contribution >= 4 is 27.8 Å². The van der Waals surface area contributed by atoms with E-state index >= 15 is 0 Å². The first-order chi connectivity index (χ1) is 14.2. The van der Waals surface area contributed by atoms with Gasteiger partial charge < -0.3 is 14.9 Å². The van der Waals surface area contributed by atoms with Gasteiger partial charge >= 0.3 is 0 Å². The monoisotopic (exact) mass is 380 g/mol. The van der Waals surface area contributed by atoms with Crippen molar-refractivity contribution in [3.05, 3.63) is 90.1 Å². The van der Waals surface area contributed by atoms with Gasteiger partial charge in [-0.05, 0) is 35.9 Å². The van der Waals surface area contributed by atoms with E-state index in [1.54, 1.807) is 7.05 Å². The molecular weight excluding hydrogens is 360 g/mol. The molecule has 2 aromatic heterocycles. The first-order valence-electron chi connectivity index (χ1n) is 9.57. The number of amides is 1. The highest BCUT2D eigenvalue weighted by molar-refractivity contribution is 5.99. The third-order valence-electron chi connectivity index (χ3n) is 5.25. The number of nitrogens with one attached hydrogen (secondary N) is 2. The lowest BCUT2D eigenvalue weighted by Gasteiger charge is -2.11. The molecule has 0 aliphatic carbocycles. The normalized spacial score (nSPS) is 11.2. The Kier molecular flexibility index (Phi) is 4.13. The number of fused-ring (bicyclic) bond motifs is 2. The molecule has 5 rings (SSSR count). The van der Waals surface area contributed by atoms with Crippen LogP contribution in [0, 0.1) is 0 Å². The van der Waals surface area contributed by atoms with Crippen molar-refractivity contribution in [2.45, 2.75) is 6.54 Å². The Balaban J connectivity index is 1.75. The minimum atomic E-state index is -0.113. The summed E-state index contributed by atoms with van der Waals surface area (Å²) in [5.41, 5.74) is 5.71. The van der Waals surface area contributed by atoms with Crippen LogP contribution < -0.4 is 5.32 Å². The lowest BCUT2D eigenvalue weighted by Crippen LogP contribution is -2.17. The average Bonchev–Trinajstić information content (AvgIpc) is 3.38. The number of imidazole rings is 1. The van der Waals surface area contributed by atoms with Gasteiger partial charge in [-0.2, -0.15) is 0 Å². The van der Waals surface area contributed by atoms with Gasteiger partial charge in [0, 0.05) is 36.3 Å². The van der Waals surface area contributed by atoms with Crippen LogP contribution in [0.25, 0.3) is 33.3 Å². The van der Waals surface area contributed by atoms with Gasteiger partial charge in [0.15, 0.2) is 0 Å². The fourth-order valence-electron chi connectivity index (χ4n) is 3.82. The number of rotatable bonds is 4. The van der Waals surface area contributed by atoms with Gasteiger partial charge in [-0.15, -0.1) is 0 Å². The van der Waals surface area contributed by atoms with Crippen molar-refractivity contribution in [2.24, 2.45) is 0 Å². The van der Waals surface area contributed by atoms with E-state index in [0.29, 0.717) is 12.1 Å². The second-order valence-electron chi connectivity index (χ2n) is 7.04. The molecular formula is C24H20N4O. The summed E-state index contributed by atoms with van der Waals surface area (Å²) in [6, 6.07) is 24.3. The van der Waals surface area contributed by atoms with Crippen LogP contribution in [-0.2, 0) is 6.54 Å². The van der Waals surface area contributed by atoms with Gasteiger partial charge in [-0.3, -0.25) is 4.79 Å². The van der Waals surface area contributed by atoms with Gasteiger partial charge in [0.25, 0.3) is 5.91 Å². The van der Waals surface area contributed by atoms with E-state index in [9.17, 15) is 4.79 Å². The van der Waals surface area contributed by atoms with Crippen molar-refractivity contribution < 1.29 is 4.79 Å². The van der Waals surface area contributed by atoms with Crippen molar-refractivity contribution in [1.82, 2.24) is 19.9 Å². The molecule has 5 nitrogen and oxygen atoms in total. The molecule has 0 spiro atoms. The maximum atomic E-state index is 12.1. The zero-order chi connectivity index (χ0) is 19.8. The van der Waals surface area contributed by atoms with Gasteiger partial charge in [0.05, 0.1) is 16.6 Å². The number of para-hydroxylation sites is 1. The van der Waals surface area contributed by atoms with Crippen molar-refractivity contribution in [1.29, 1.82) is 0 Å². The minimum Gasteiger partial charge on any atom is -0.361 e. The van der Waals surface area contributed by atoms with Gasteiger partial charge in [0.1, 0.15) is 5.82 Å². The van der Waals surface area contributed by atoms with Gasteiger partial charge in [-0.1, -0.05) is 42.5 Å². The standard InChI is InChI=1S/C24H20N4O/c1-25-24(29)18-10-11-21-20(14-18)27-23(28(21)15-16-6-3-2-4-7-16)19-9-5-8-17-12-13-26-22(17)19/h2-14,26H,15H2,1H3,(H,25,29). The molecule has 0 fully saturated rings. The zero-order valence-electron chi connectivity index (χ0n) is 16.0. The summed E-state index contributed by atoms with van der Waals surface area (Å²) >= 11 is 0. The van der Waals surface area contributed by atoms with E-state index in [0.717, 1.165) is 33.3 Å². The van der Waals surface area contributed by atoms with Crippen LogP contribution in [-0.4, -0.2) is 27.5 Å². The minimum absolute atomic E-state index is 0.113. The fourth-order valence-corrected chi connectivity index (χ4v) is 3.82. The highest BCUT2D eigenvalue weighted by atomic mass is 16.1. The van der Waals surface area contributed by atoms with E-state index < -0.39 is 0 Å². The summed E-state index contributed by atoms with van der Waals surface area (Å²) in [6.07, 6.45) is 1.95. The zero-order valence-corrected chi connectivity index (χ0v) is 16.0. The van der Waals surface area contributed by atoms with Crippen LogP contribution in [0.3, 0.4) is 0 Å². The van der Waals surface area contributed by atoms with E-state index in [-0.39, 0.29) is 5.91 Å². The molecule has 5 aromatic rings. The van der Waals surface area contributed by atoms with Crippen LogP contribution in [0.2, 0.25) is 0 Å². The van der Waals surface area contributed by atoms with E-state index in [1.807, 2.05) is 48.7 Å². The maximum absolute atomic E-state index is 12.1. The smallest absolute Gasteiger partial charge is 0.251 e. The number of hydrogen-bond donors (Lipinski definition) is 2. The van der Waals surface area contributed by atoms with E-state index in [1.165, 1.54) is 5.56 Å². The molecule has 2 heterocycles. The van der Waals surface area contributed by atoms with Crippen LogP contribution in [0.5, 0.6) is 0 Å². The first kappa shape index (κ1) is 17.3. The second-order valence-corrected chi connectivity index (χ2v) is 7.04. The number of nitrogens with zero attached hydrogens (tertiary/aromatic N) is 2. The molecule has 142 valence electrons. The van der Waals surface area contributed by atoms with Crippen LogP contribution >= 0.6 is 0 Å². The molecule has 0 atom stereocenters. The van der Waals surface area contributed by atoms with E-state index in [2.05, 4.69) is 45.2 Å². The van der Waals surface area contributed by atoms with Crippen LogP contribution in [0.1, 0.15) is 15.9 Å². The summed E-state index contributed by atoms with van der Waals surface area (Å²) in [7, 11) is 1.64. The largest absolute Gasteiger partial charge is 0.361 e. The number of benzene rings is 3. The second kappa shape index (κ2) is 6.95. The molecule has 2 N–H and O–H groups in total. The van der Waals surface area contributed by atoms with Gasteiger partial charge in [-0.25, -0.2) is 4.98 Å². The molecule has 0 radical (unpaired) electrons. The molecule has 29 heavy (non-hydrogen) atoms. The number of aromatic nitrogens is 3. The molecule has 5 heteroatoms. The first-order valence-corrected chi connectivity index (χ1v) is 9.57. The summed E-state index contributed by atoms with van der Waals surface area (Å²) in [5.74, 6) is 0.767. The number of hydrogen-bond acceptors (Lipinski definition) is 2. The number of carbonyl (C=O) groups is 1. The Hall–Kier alpha value is -3.86. The van der Waals surface area contributed by atoms with Crippen molar-refractivity contribution in [2.75, 3.05) is 7.05 Å². The topological polar surface area (TPSA) is 62.7 Å². The SMILES string of the molecule is CNC(=O)c1ccc2c(c1)nc(-c1cccc3cc[nH]c13)n2Cc1ccccc1. The Bertz CT molecular complexity index is 1330. The molecule has 0 aliphatic heterocycles. The van der Waals surface area contributed by atoms with Crippen molar-refractivity contribution in [3.8, 4) is 11.4 Å². The summed E-state index contributed by atoms with van der Waals surface area (Å²) < 4.78 is 2.22. The Morgan fingerprint density at radius 3 is 2.72 bits per heavy atom. The summed E-state index contributed by atoms with van der Waals surface area (Å²) in [4.78, 5) is 20.4. The van der Waals surface area contributed by atoms with Crippen molar-refractivity contribution in [3.63, 3.8) is 0 Å². The Labute approximate surface area is 168 Å². The molecule has 3 aromatic carbocycles. The third kappa shape index (κ3) is 2.97. The predicted molar refractivity (Wildman–Crippen MR) is 116 cm³/mol.